The summed E-state index contributed by atoms with van der Waals surface area (Å²) in [6.45, 7) is 6.18. The van der Waals surface area contributed by atoms with Crippen molar-refractivity contribution < 1.29 is 9.90 Å². The molecule has 84 valence electrons. The number of thioether (sulfide) groups is 1. The molecule has 0 aliphatic rings. The van der Waals surface area contributed by atoms with E-state index in [4.69, 9.17) is 5.11 Å². The molecule has 0 aliphatic heterocycles. The molecular formula is C10H15NO2S2. The Hall–Kier alpha value is -0.550. The van der Waals surface area contributed by atoms with Gasteiger partial charge in [0.2, 0.25) is 0 Å². The largest absolute Gasteiger partial charge is 0.477 e. The first kappa shape index (κ1) is 12.5. The first-order chi connectivity index (χ1) is 7.04. The van der Waals surface area contributed by atoms with Crippen molar-refractivity contribution in [3.63, 3.8) is 0 Å². The highest BCUT2D eigenvalue weighted by atomic mass is 32.2. The molecule has 0 aliphatic carbocycles. The Morgan fingerprint density at radius 3 is 2.67 bits per heavy atom. The van der Waals surface area contributed by atoms with E-state index in [2.05, 4.69) is 18.8 Å². The highest BCUT2D eigenvalue weighted by molar-refractivity contribution is 7.99. The van der Waals surface area contributed by atoms with Crippen LogP contribution in [-0.4, -0.2) is 21.3 Å². The topological polar surface area (TPSA) is 50.2 Å². The molecule has 0 bridgehead atoms. The van der Waals surface area contributed by atoms with Gasteiger partial charge in [-0.05, 0) is 11.7 Å². The van der Waals surface area contributed by atoms with Gasteiger partial charge in [0.05, 0.1) is 5.69 Å². The maximum atomic E-state index is 10.9. The lowest BCUT2D eigenvalue weighted by atomic mass is 10.3. The van der Waals surface area contributed by atoms with Crippen LogP contribution < -0.4 is 0 Å². The van der Waals surface area contributed by atoms with Crippen molar-refractivity contribution in [2.45, 2.75) is 38.2 Å². The summed E-state index contributed by atoms with van der Waals surface area (Å²) in [5, 5.41) is 10.4. The summed E-state index contributed by atoms with van der Waals surface area (Å²) < 4.78 is 0. The van der Waals surface area contributed by atoms with Gasteiger partial charge in [-0.2, -0.15) is 11.8 Å². The van der Waals surface area contributed by atoms with Crippen LogP contribution in [0.5, 0.6) is 0 Å². The number of thiazole rings is 1. The van der Waals surface area contributed by atoms with Crippen molar-refractivity contribution >= 4 is 29.1 Å². The Labute approximate surface area is 97.9 Å². The van der Waals surface area contributed by atoms with Gasteiger partial charge in [0.15, 0.2) is 0 Å². The number of carboxylic acid groups (broad SMARTS) is 1. The average molecular weight is 245 g/mol. The third-order valence-electron chi connectivity index (χ3n) is 1.81. The van der Waals surface area contributed by atoms with Crippen LogP contribution in [0.15, 0.2) is 0 Å². The number of carbonyl (C=O) groups is 1. The minimum atomic E-state index is -0.856. The summed E-state index contributed by atoms with van der Waals surface area (Å²) in [5.74, 6) is -0.0482. The molecule has 1 aromatic rings. The van der Waals surface area contributed by atoms with Crippen molar-refractivity contribution in [1.29, 1.82) is 0 Å². The molecule has 0 atom stereocenters. The van der Waals surface area contributed by atoms with Crippen LogP contribution in [0.1, 0.15) is 41.1 Å². The number of nitrogens with zero attached hydrogens (tertiary/aromatic N) is 1. The zero-order valence-corrected chi connectivity index (χ0v) is 10.7. The van der Waals surface area contributed by atoms with Crippen molar-refractivity contribution in [3.05, 3.63) is 15.6 Å². The predicted octanol–water partition coefficient (Wildman–Crippen LogP) is 3.05. The number of aromatic nitrogens is 1. The molecule has 0 saturated carbocycles. The van der Waals surface area contributed by atoms with Gasteiger partial charge in [-0.1, -0.05) is 20.8 Å². The van der Waals surface area contributed by atoms with Gasteiger partial charge in [0.1, 0.15) is 9.88 Å². The van der Waals surface area contributed by atoms with Gasteiger partial charge in [0, 0.05) is 5.75 Å². The van der Waals surface area contributed by atoms with E-state index in [0.29, 0.717) is 22.2 Å². The molecule has 3 nitrogen and oxygen atoms in total. The third-order valence-corrected chi connectivity index (χ3v) is 4.19. The van der Waals surface area contributed by atoms with Gasteiger partial charge in [-0.3, -0.25) is 0 Å². The summed E-state index contributed by atoms with van der Waals surface area (Å²) in [5.41, 5.74) is 0.715. The summed E-state index contributed by atoms with van der Waals surface area (Å²) in [6, 6.07) is 0. The number of aryl methyl sites for hydroxylation is 1. The Kier molecular flexibility index (Phi) is 4.60. The highest BCUT2D eigenvalue weighted by Gasteiger charge is 2.15. The molecule has 1 rings (SSSR count). The Morgan fingerprint density at radius 1 is 1.60 bits per heavy atom. The Balaban J connectivity index is 2.78. The number of carboxylic acids is 1. The van der Waals surface area contributed by atoms with Gasteiger partial charge >= 0.3 is 5.97 Å². The highest BCUT2D eigenvalue weighted by Crippen LogP contribution is 2.24. The molecule has 0 unspecified atom stereocenters. The molecule has 1 N–H and O–H groups in total. The van der Waals surface area contributed by atoms with Crippen LogP contribution in [0, 0.1) is 0 Å². The lowest BCUT2D eigenvalue weighted by molar-refractivity contribution is 0.0701. The van der Waals surface area contributed by atoms with E-state index in [0.717, 1.165) is 10.8 Å². The summed E-state index contributed by atoms with van der Waals surface area (Å²) in [4.78, 5) is 15.6. The van der Waals surface area contributed by atoms with Gasteiger partial charge < -0.3 is 5.11 Å². The molecule has 0 amide bonds. The molecule has 1 aromatic heterocycles. The quantitative estimate of drug-likeness (QED) is 0.866. The molecule has 0 radical (unpaired) electrons. The van der Waals surface area contributed by atoms with Crippen molar-refractivity contribution in [2.24, 2.45) is 0 Å². The van der Waals surface area contributed by atoms with Crippen molar-refractivity contribution in [3.8, 4) is 0 Å². The van der Waals surface area contributed by atoms with Crippen LogP contribution in [0.2, 0.25) is 0 Å². The van der Waals surface area contributed by atoms with Gasteiger partial charge in [-0.25, -0.2) is 9.78 Å². The van der Waals surface area contributed by atoms with E-state index >= 15 is 0 Å². The maximum Gasteiger partial charge on any atom is 0.347 e. The van der Waals surface area contributed by atoms with Crippen LogP contribution in [0.3, 0.4) is 0 Å². The summed E-state index contributed by atoms with van der Waals surface area (Å²) in [6.07, 6.45) is 0.685. The lowest BCUT2D eigenvalue weighted by Crippen LogP contribution is -1.97. The van der Waals surface area contributed by atoms with Gasteiger partial charge in [0.25, 0.3) is 0 Å². The SMILES string of the molecule is CCc1nc(CSC(C)C)sc1C(=O)O. The Morgan fingerprint density at radius 2 is 2.27 bits per heavy atom. The smallest absolute Gasteiger partial charge is 0.347 e. The number of hydrogen-bond donors (Lipinski definition) is 1. The predicted molar refractivity (Wildman–Crippen MR) is 64.9 cm³/mol. The molecule has 1 heterocycles. The number of hydrogen-bond acceptors (Lipinski definition) is 4. The van der Waals surface area contributed by atoms with E-state index in [1.165, 1.54) is 11.3 Å². The second-order valence-electron chi connectivity index (χ2n) is 3.40. The van der Waals surface area contributed by atoms with Crippen molar-refractivity contribution in [1.82, 2.24) is 4.98 Å². The van der Waals surface area contributed by atoms with Crippen LogP contribution in [-0.2, 0) is 12.2 Å². The molecule has 5 heteroatoms. The third kappa shape index (κ3) is 3.50. The average Bonchev–Trinajstić information content (AvgIpc) is 2.57. The summed E-state index contributed by atoms with van der Waals surface area (Å²) in [7, 11) is 0. The number of aromatic carboxylic acids is 1. The normalized spacial score (nSPS) is 10.9. The first-order valence-corrected chi connectivity index (χ1v) is 6.74. The lowest BCUT2D eigenvalue weighted by Gasteiger charge is -2.00. The fourth-order valence-corrected chi connectivity index (χ4v) is 2.87. The Bertz CT molecular complexity index is 347. The second-order valence-corrected chi connectivity index (χ2v) is 6.05. The first-order valence-electron chi connectivity index (χ1n) is 4.88. The van der Waals surface area contributed by atoms with E-state index in [9.17, 15) is 4.79 Å². The van der Waals surface area contributed by atoms with Crippen LogP contribution >= 0.6 is 23.1 Å². The zero-order chi connectivity index (χ0) is 11.4. The second kappa shape index (κ2) is 5.51. The van der Waals surface area contributed by atoms with E-state index < -0.39 is 5.97 Å². The maximum absolute atomic E-state index is 10.9. The molecular weight excluding hydrogens is 230 g/mol. The minimum absolute atomic E-state index is 0.400. The molecule has 15 heavy (non-hydrogen) atoms. The fraction of sp³-hybridized carbons (Fsp3) is 0.600. The molecule has 0 fully saturated rings. The molecule has 0 aromatic carbocycles. The van der Waals surface area contributed by atoms with E-state index in [1.807, 2.05) is 6.92 Å². The van der Waals surface area contributed by atoms with Crippen LogP contribution in [0.25, 0.3) is 0 Å². The zero-order valence-electron chi connectivity index (χ0n) is 9.11. The standard InChI is InChI=1S/C10H15NO2S2/c1-4-7-9(10(12)13)15-8(11-7)5-14-6(2)3/h6H,4-5H2,1-3H3,(H,12,13). The minimum Gasteiger partial charge on any atom is -0.477 e. The fourth-order valence-electron chi connectivity index (χ4n) is 1.11. The van der Waals surface area contributed by atoms with Gasteiger partial charge in [-0.15, -0.1) is 11.3 Å². The van der Waals surface area contributed by atoms with E-state index in [-0.39, 0.29) is 0 Å². The number of rotatable bonds is 5. The van der Waals surface area contributed by atoms with Crippen molar-refractivity contribution in [2.75, 3.05) is 0 Å². The van der Waals surface area contributed by atoms with E-state index in [1.54, 1.807) is 11.8 Å². The molecule has 0 saturated heterocycles. The molecule has 0 spiro atoms. The summed E-state index contributed by atoms with van der Waals surface area (Å²) >= 11 is 3.09. The van der Waals surface area contributed by atoms with Crippen LogP contribution in [0.4, 0.5) is 0 Å². The monoisotopic (exact) mass is 245 g/mol.